The standard InChI is InChI=1S/C16H11ClN2O3/c1-8-6-9(14(18)20)2-5-13(8)19-15(21)11-4-3-10(17)7-12(11)16(19)22/h2-7H,1H3,(H2,18,20). The number of benzene rings is 2. The fraction of sp³-hybridized carbons (Fsp3) is 0.0625. The third kappa shape index (κ3) is 2.07. The number of aryl methyl sites for hydroxylation is 1. The quantitative estimate of drug-likeness (QED) is 0.865. The van der Waals surface area contributed by atoms with Gasteiger partial charge in [-0.2, -0.15) is 0 Å². The van der Waals surface area contributed by atoms with E-state index >= 15 is 0 Å². The molecular weight excluding hydrogens is 304 g/mol. The largest absolute Gasteiger partial charge is 0.366 e. The molecule has 1 aliphatic heterocycles. The fourth-order valence-corrected chi connectivity index (χ4v) is 2.66. The molecule has 1 aliphatic rings. The maximum absolute atomic E-state index is 12.5. The minimum atomic E-state index is -0.566. The van der Waals surface area contributed by atoms with Crippen LogP contribution in [0.5, 0.6) is 0 Å². The van der Waals surface area contributed by atoms with Crippen LogP contribution in [0, 0.1) is 6.92 Å². The van der Waals surface area contributed by atoms with E-state index in [1.807, 2.05) is 0 Å². The van der Waals surface area contributed by atoms with Crippen molar-refractivity contribution in [2.75, 3.05) is 4.90 Å². The van der Waals surface area contributed by atoms with Crippen LogP contribution in [-0.2, 0) is 0 Å². The molecule has 0 saturated carbocycles. The molecule has 22 heavy (non-hydrogen) atoms. The number of nitrogens with two attached hydrogens (primary N) is 1. The number of anilines is 1. The van der Waals surface area contributed by atoms with Crippen molar-refractivity contribution in [2.45, 2.75) is 6.92 Å². The van der Waals surface area contributed by atoms with E-state index in [0.29, 0.717) is 27.4 Å². The fourth-order valence-electron chi connectivity index (χ4n) is 2.49. The summed E-state index contributed by atoms with van der Waals surface area (Å²) in [6.07, 6.45) is 0. The lowest BCUT2D eigenvalue weighted by molar-refractivity contribution is 0.0924. The molecule has 0 aromatic heterocycles. The molecule has 0 spiro atoms. The molecule has 3 rings (SSSR count). The van der Waals surface area contributed by atoms with Crippen LogP contribution in [0.25, 0.3) is 0 Å². The topological polar surface area (TPSA) is 80.5 Å². The van der Waals surface area contributed by atoms with Crippen molar-refractivity contribution in [2.24, 2.45) is 5.73 Å². The minimum Gasteiger partial charge on any atom is -0.366 e. The second kappa shape index (κ2) is 4.96. The average molecular weight is 315 g/mol. The molecule has 0 atom stereocenters. The molecule has 2 aromatic carbocycles. The summed E-state index contributed by atoms with van der Waals surface area (Å²) in [6, 6.07) is 9.15. The van der Waals surface area contributed by atoms with Crippen LogP contribution in [0.2, 0.25) is 5.02 Å². The Kier molecular flexibility index (Phi) is 3.22. The van der Waals surface area contributed by atoms with Crippen molar-refractivity contribution < 1.29 is 14.4 Å². The highest BCUT2D eigenvalue weighted by Crippen LogP contribution is 2.32. The molecule has 0 unspecified atom stereocenters. The lowest BCUT2D eigenvalue weighted by Gasteiger charge is -2.17. The van der Waals surface area contributed by atoms with E-state index in [2.05, 4.69) is 0 Å². The van der Waals surface area contributed by atoms with E-state index < -0.39 is 17.7 Å². The summed E-state index contributed by atoms with van der Waals surface area (Å²) in [4.78, 5) is 37.2. The number of amides is 3. The van der Waals surface area contributed by atoms with Gasteiger partial charge < -0.3 is 5.73 Å². The molecule has 2 N–H and O–H groups in total. The monoisotopic (exact) mass is 314 g/mol. The molecule has 0 radical (unpaired) electrons. The number of primary amides is 1. The van der Waals surface area contributed by atoms with E-state index in [1.54, 1.807) is 25.1 Å². The van der Waals surface area contributed by atoms with Crippen molar-refractivity contribution in [3.05, 3.63) is 63.7 Å². The Labute approximate surface area is 131 Å². The maximum atomic E-state index is 12.5. The SMILES string of the molecule is Cc1cc(C(N)=O)ccc1N1C(=O)c2ccc(Cl)cc2C1=O. The highest BCUT2D eigenvalue weighted by Gasteiger charge is 2.37. The van der Waals surface area contributed by atoms with Gasteiger partial charge in [0, 0.05) is 10.6 Å². The third-order valence-electron chi connectivity index (χ3n) is 3.57. The van der Waals surface area contributed by atoms with Gasteiger partial charge in [-0.25, -0.2) is 4.90 Å². The number of halogens is 1. The summed E-state index contributed by atoms with van der Waals surface area (Å²) in [5.41, 5.74) is 7.16. The van der Waals surface area contributed by atoms with Crippen molar-refractivity contribution >= 4 is 35.0 Å². The van der Waals surface area contributed by atoms with E-state index in [9.17, 15) is 14.4 Å². The molecule has 0 aliphatic carbocycles. The van der Waals surface area contributed by atoms with Gasteiger partial charge in [-0.3, -0.25) is 14.4 Å². The average Bonchev–Trinajstić information content (AvgIpc) is 2.71. The van der Waals surface area contributed by atoms with Gasteiger partial charge in [-0.15, -0.1) is 0 Å². The van der Waals surface area contributed by atoms with Gasteiger partial charge >= 0.3 is 0 Å². The number of hydrogen-bond acceptors (Lipinski definition) is 3. The molecule has 110 valence electrons. The smallest absolute Gasteiger partial charge is 0.266 e. The highest BCUT2D eigenvalue weighted by atomic mass is 35.5. The number of carbonyl (C=O) groups excluding carboxylic acids is 3. The Morgan fingerprint density at radius 1 is 1.05 bits per heavy atom. The lowest BCUT2D eigenvalue weighted by Crippen LogP contribution is -2.30. The summed E-state index contributed by atoms with van der Waals surface area (Å²) >= 11 is 5.88. The molecular formula is C16H11ClN2O3. The predicted molar refractivity (Wildman–Crippen MR) is 82.3 cm³/mol. The van der Waals surface area contributed by atoms with Gasteiger partial charge in [0.25, 0.3) is 11.8 Å². The van der Waals surface area contributed by atoms with Crippen molar-refractivity contribution in [3.8, 4) is 0 Å². The molecule has 2 aromatic rings. The van der Waals surface area contributed by atoms with Crippen LogP contribution in [0.3, 0.4) is 0 Å². The summed E-state index contributed by atoms with van der Waals surface area (Å²) < 4.78 is 0. The normalized spacial score (nSPS) is 13.5. The van der Waals surface area contributed by atoms with Gasteiger partial charge in [0.1, 0.15) is 0 Å². The summed E-state index contributed by atoms with van der Waals surface area (Å²) in [6.45, 7) is 1.71. The van der Waals surface area contributed by atoms with E-state index in [-0.39, 0.29) is 5.56 Å². The van der Waals surface area contributed by atoms with Crippen LogP contribution in [-0.4, -0.2) is 17.7 Å². The Bertz CT molecular complexity index is 845. The molecule has 5 nitrogen and oxygen atoms in total. The molecule has 6 heteroatoms. The molecule has 3 amide bonds. The van der Waals surface area contributed by atoms with Gasteiger partial charge in [-0.1, -0.05) is 11.6 Å². The Balaban J connectivity index is 2.09. The van der Waals surface area contributed by atoms with Crippen molar-refractivity contribution in [1.82, 2.24) is 0 Å². The zero-order valence-corrected chi connectivity index (χ0v) is 12.3. The molecule has 0 saturated heterocycles. The first-order chi connectivity index (χ1) is 10.4. The van der Waals surface area contributed by atoms with Crippen LogP contribution in [0.1, 0.15) is 36.6 Å². The number of rotatable bonds is 2. The van der Waals surface area contributed by atoms with Crippen molar-refractivity contribution in [3.63, 3.8) is 0 Å². The van der Waals surface area contributed by atoms with E-state index in [1.165, 1.54) is 18.2 Å². The zero-order valence-electron chi connectivity index (χ0n) is 11.6. The number of imide groups is 1. The predicted octanol–water partition coefficient (Wildman–Crippen LogP) is 2.55. The second-order valence-corrected chi connectivity index (χ2v) is 5.44. The van der Waals surface area contributed by atoms with Crippen LogP contribution in [0.15, 0.2) is 36.4 Å². The maximum Gasteiger partial charge on any atom is 0.266 e. The number of carbonyl (C=O) groups is 3. The summed E-state index contributed by atoms with van der Waals surface area (Å²) in [7, 11) is 0. The first-order valence-electron chi connectivity index (χ1n) is 6.49. The van der Waals surface area contributed by atoms with E-state index in [4.69, 9.17) is 17.3 Å². The highest BCUT2D eigenvalue weighted by molar-refractivity contribution is 6.36. The van der Waals surface area contributed by atoms with Crippen LogP contribution < -0.4 is 10.6 Å². The Morgan fingerprint density at radius 2 is 1.73 bits per heavy atom. The van der Waals surface area contributed by atoms with E-state index in [0.717, 1.165) is 4.90 Å². The summed E-state index contributed by atoms with van der Waals surface area (Å²) in [5.74, 6) is -1.41. The Hall–Kier alpha value is -2.66. The van der Waals surface area contributed by atoms with Crippen molar-refractivity contribution in [1.29, 1.82) is 0 Å². The first-order valence-corrected chi connectivity index (χ1v) is 6.86. The first kappa shape index (κ1) is 14.3. The van der Waals surface area contributed by atoms with Crippen LogP contribution >= 0.6 is 11.6 Å². The lowest BCUT2D eigenvalue weighted by atomic mass is 10.1. The number of nitrogens with zero attached hydrogens (tertiary/aromatic N) is 1. The van der Waals surface area contributed by atoms with Gasteiger partial charge in [-0.05, 0) is 48.9 Å². The summed E-state index contributed by atoms with van der Waals surface area (Å²) in [5, 5.41) is 0.391. The number of fused-ring (bicyclic) bond motifs is 1. The van der Waals surface area contributed by atoms with Gasteiger partial charge in [0.15, 0.2) is 0 Å². The molecule has 0 fully saturated rings. The Morgan fingerprint density at radius 3 is 2.36 bits per heavy atom. The molecule has 1 heterocycles. The zero-order chi connectivity index (χ0) is 16.0. The molecule has 0 bridgehead atoms. The van der Waals surface area contributed by atoms with Gasteiger partial charge in [0.2, 0.25) is 5.91 Å². The third-order valence-corrected chi connectivity index (χ3v) is 3.81. The minimum absolute atomic E-state index is 0.274. The van der Waals surface area contributed by atoms with Gasteiger partial charge in [0.05, 0.1) is 16.8 Å². The second-order valence-electron chi connectivity index (χ2n) is 5.00. The number of hydrogen-bond donors (Lipinski definition) is 1. The van der Waals surface area contributed by atoms with Crippen LogP contribution in [0.4, 0.5) is 5.69 Å².